The summed E-state index contributed by atoms with van der Waals surface area (Å²) in [5.74, 6) is 0.00551. The van der Waals surface area contributed by atoms with Gasteiger partial charge in [0.1, 0.15) is 0 Å². The van der Waals surface area contributed by atoms with Gasteiger partial charge in [-0.3, -0.25) is 4.79 Å². The zero-order valence-corrected chi connectivity index (χ0v) is 10.0. The summed E-state index contributed by atoms with van der Waals surface area (Å²) in [6, 6.07) is 0.597. The number of carbonyl (C=O) groups is 1. The number of aryl methyl sites for hydroxylation is 1. The average molecular weight is 222 g/mol. The van der Waals surface area contributed by atoms with Crippen molar-refractivity contribution in [1.29, 1.82) is 0 Å². The molecule has 2 rings (SSSR count). The lowest BCUT2D eigenvalue weighted by Gasteiger charge is -2.38. The number of nitrogens with zero attached hydrogens (tertiary/aromatic N) is 3. The second kappa shape index (κ2) is 4.23. The van der Waals surface area contributed by atoms with E-state index in [1.54, 1.807) is 6.92 Å². The Morgan fingerprint density at radius 2 is 1.94 bits per heavy atom. The van der Waals surface area contributed by atoms with Gasteiger partial charge >= 0.3 is 0 Å². The molecule has 1 amide bonds. The second-order valence-corrected chi connectivity index (χ2v) is 4.60. The molecule has 5 heteroatoms. The van der Waals surface area contributed by atoms with Crippen LogP contribution in [0.15, 0.2) is 0 Å². The van der Waals surface area contributed by atoms with E-state index in [9.17, 15) is 4.79 Å². The van der Waals surface area contributed by atoms with Gasteiger partial charge in [-0.1, -0.05) is 0 Å². The monoisotopic (exact) mass is 222 g/mol. The van der Waals surface area contributed by atoms with Crippen molar-refractivity contribution in [2.24, 2.45) is 0 Å². The highest BCUT2D eigenvalue weighted by molar-refractivity contribution is 5.93. The van der Waals surface area contributed by atoms with Gasteiger partial charge in [0.05, 0.1) is 5.69 Å². The summed E-state index contributed by atoms with van der Waals surface area (Å²) in [5.41, 5.74) is 1.13. The number of aromatic amines is 1. The first-order chi connectivity index (χ1) is 7.61. The van der Waals surface area contributed by atoms with Gasteiger partial charge in [-0.2, -0.15) is 15.4 Å². The zero-order valence-electron chi connectivity index (χ0n) is 10.0. The molecule has 1 aliphatic rings. The molecule has 1 fully saturated rings. The first-order valence-corrected chi connectivity index (χ1v) is 5.81. The van der Waals surface area contributed by atoms with E-state index in [4.69, 9.17) is 0 Å². The van der Waals surface area contributed by atoms with Crippen LogP contribution in [0.1, 0.15) is 49.3 Å². The van der Waals surface area contributed by atoms with E-state index < -0.39 is 0 Å². The van der Waals surface area contributed by atoms with Gasteiger partial charge in [0.2, 0.25) is 0 Å². The van der Waals surface area contributed by atoms with Gasteiger partial charge in [0.15, 0.2) is 5.69 Å². The standard InChI is InChI=1S/C11H18N4O/c1-7-5-4-6-8(2)15(7)11(16)10-9(3)12-14-13-10/h7-8H,4-6H2,1-3H3,(H,12,13,14). The molecule has 0 aliphatic carbocycles. The Kier molecular flexibility index (Phi) is 2.94. The van der Waals surface area contributed by atoms with Crippen LogP contribution in [0.4, 0.5) is 0 Å². The van der Waals surface area contributed by atoms with Crippen molar-refractivity contribution in [3.8, 4) is 0 Å². The van der Waals surface area contributed by atoms with Gasteiger partial charge in [0, 0.05) is 12.1 Å². The Labute approximate surface area is 95.2 Å². The molecule has 2 atom stereocenters. The Bertz CT molecular complexity index is 377. The van der Waals surface area contributed by atoms with E-state index in [-0.39, 0.29) is 5.91 Å². The molecule has 5 nitrogen and oxygen atoms in total. The Balaban J connectivity index is 2.23. The molecular weight excluding hydrogens is 204 g/mol. The number of rotatable bonds is 1. The van der Waals surface area contributed by atoms with Crippen molar-refractivity contribution in [2.75, 3.05) is 0 Å². The highest BCUT2D eigenvalue weighted by atomic mass is 16.2. The molecule has 0 saturated carbocycles. The summed E-state index contributed by atoms with van der Waals surface area (Å²) in [6.45, 7) is 6.00. The molecule has 2 unspecified atom stereocenters. The highest BCUT2D eigenvalue weighted by Crippen LogP contribution is 2.24. The average Bonchev–Trinajstić information content (AvgIpc) is 2.64. The summed E-state index contributed by atoms with van der Waals surface area (Å²) in [4.78, 5) is 14.2. The van der Waals surface area contributed by atoms with Crippen molar-refractivity contribution < 1.29 is 4.79 Å². The molecule has 88 valence electrons. The van der Waals surface area contributed by atoms with Crippen molar-refractivity contribution >= 4 is 5.91 Å². The lowest BCUT2D eigenvalue weighted by molar-refractivity contribution is 0.0504. The number of hydrogen-bond donors (Lipinski definition) is 1. The summed E-state index contributed by atoms with van der Waals surface area (Å²) in [5, 5.41) is 10.3. The maximum atomic E-state index is 12.3. The molecule has 1 aromatic rings. The minimum atomic E-state index is 0.00551. The van der Waals surface area contributed by atoms with Crippen molar-refractivity contribution in [3.05, 3.63) is 11.4 Å². The van der Waals surface area contributed by atoms with E-state index in [1.807, 2.05) is 4.90 Å². The summed E-state index contributed by atoms with van der Waals surface area (Å²) in [6.07, 6.45) is 3.35. The Morgan fingerprint density at radius 1 is 1.31 bits per heavy atom. The summed E-state index contributed by atoms with van der Waals surface area (Å²) in [7, 11) is 0. The van der Waals surface area contributed by atoms with E-state index in [1.165, 1.54) is 6.42 Å². The largest absolute Gasteiger partial charge is 0.332 e. The normalized spacial score (nSPS) is 25.8. The van der Waals surface area contributed by atoms with Crippen LogP contribution >= 0.6 is 0 Å². The second-order valence-electron chi connectivity index (χ2n) is 4.60. The number of aromatic nitrogens is 3. The third-order valence-electron chi connectivity index (χ3n) is 3.35. The number of nitrogens with one attached hydrogen (secondary N) is 1. The van der Waals surface area contributed by atoms with Crippen molar-refractivity contribution in [3.63, 3.8) is 0 Å². The van der Waals surface area contributed by atoms with Crippen molar-refractivity contribution in [2.45, 2.75) is 52.1 Å². The maximum Gasteiger partial charge on any atom is 0.276 e. The quantitative estimate of drug-likeness (QED) is 0.783. The van der Waals surface area contributed by atoms with Crippen LogP contribution in [0.25, 0.3) is 0 Å². The Morgan fingerprint density at radius 3 is 2.44 bits per heavy atom. The minimum Gasteiger partial charge on any atom is -0.332 e. The first-order valence-electron chi connectivity index (χ1n) is 5.81. The molecule has 1 N–H and O–H groups in total. The van der Waals surface area contributed by atoms with Crippen LogP contribution in [0.5, 0.6) is 0 Å². The van der Waals surface area contributed by atoms with Crippen molar-refractivity contribution in [1.82, 2.24) is 20.3 Å². The first kappa shape index (κ1) is 11.1. The summed E-state index contributed by atoms with van der Waals surface area (Å²) >= 11 is 0. The molecular formula is C11H18N4O. The molecule has 1 aliphatic heterocycles. The third kappa shape index (κ3) is 1.81. The SMILES string of the molecule is Cc1n[nH]nc1C(=O)N1C(C)CCCC1C. The number of carbonyl (C=O) groups excluding carboxylic acids is 1. The predicted octanol–water partition coefficient (Wildman–Crippen LogP) is 1.52. The molecule has 16 heavy (non-hydrogen) atoms. The Hall–Kier alpha value is -1.39. The number of hydrogen-bond acceptors (Lipinski definition) is 3. The van der Waals surface area contributed by atoms with E-state index in [2.05, 4.69) is 29.3 Å². The molecule has 2 heterocycles. The third-order valence-corrected chi connectivity index (χ3v) is 3.35. The molecule has 0 aromatic carbocycles. The topological polar surface area (TPSA) is 61.9 Å². The number of piperidine rings is 1. The highest BCUT2D eigenvalue weighted by Gasteiger charge is 2.31. The van der Waals surface area contributed by atoms with Crippen LogP contribution in [-0.4, -0.2) is 38.3 Å². The minimum absolute atomic E-state index is 0.00551. The van der Waals surface area contributed by atoms with E-state index >= 15 is 0 Å². The van der Waals surface area contributed by atoms with E-state index in [0.29, 0.717) is 23.5 Å². The molecule has 1 aromatic heterocycles. The smallest absolute Gasteiger partial charge is 0.276 e. The zero-order chi connectivity index (χ0) is 11.7. The van der Waals surface area contributed by atoms with Gasteiger partial charge < -0.3 is 4.90 Å². The summed E-state index contributed by atoms with van der Waals surface area (Å²) < 4.78 is 0. The van der Waals surface area contributed by atoms with Crippen LogP contribution in [0, 0.1) is 6.92 Å². The van der Waals surface area contributed by atoms with Gasteiger partial charge in [-0.05, 0) is 40.0 Å². The number of amides is 1. The lowest BCUT2D eigenvalue weighted by atomic mass is 9.97. The van der Waals surface area contributed by atoms with Gasteiger partial charge in [-0.15, -0.1) is 0 Å². The number of likely N-dealkylation sites (tertiary alicyclic amines) is 1. The van der Waals surface area contributed by atoms with Gasteiger partial charge in [-0.25, -0.2) is 0 Å². The lowest BCUT2D eigenvalue weighted by Crippen LogP contribution is -2.47. The molecule has 0 spiro atoms. The fraction of sp³-hybridized carbons (Fsp3) is 0.727. The predicted molar refractivity (Wildman–Crippen MR) is 60.1 cm³/mol. The fourth-order valence-corrected chi connectivity index (χ4v) is 2.43. The maximum absolute atomic E-state index is 12.3. The number of H-pyrrole nitrogens is 1. The molecule has 0 bridgehead atoms. The van der Waals surface area contributed by atoms with Crippen LogP contribution in [-0.2, 0) is 0 Å². The van der Waals surface area contributed by atoms with Gasteiger partial charge in [0.25, 0.3) is 5.91 Å². The fourth-order valence-electron chi connectivity index (χ4n) is 2.43. The van der Waals surface area contributed by atoms with Crippen LogP contribution < -0.4 is 0 Å². The molecule has 0 radical (unpaired) electrons. The molecule has 1 saturated heterocycles. The van der Waals surface area contributed by atoms with E-state index in [0.717, 1.165) is 12.8 Å². The van der Waals surface area contributed by atoms with Crippen LogP contribution in [0.2, 0.25) is 0 Å². The van der Waals surface area contributed by atoms with Crippen LogP contribution in [0.3, 0.4) is 0 Å².